The number of carbonyl (C=O) groups excluding carboxylic acids is 2. The summed E-state index contributed by atoms with van der Waals surface area (Å²) in [5.74, 6) is 0.382. The van der Waals surface area contributed by atoms with Crippen molar-refractivity contribution in [2.75, 3.05) is 30.3 Å². The molecule has 1 aliphatic heterocycles. The molecule has 0 aliphatic carbocycles. The van der Waals surface area contributed by atoms with Gasteiger partial charge in [-0.25, -0.2) is 9.59 Å². The highest BCUT2D eigenvalue weighted by molar-refractivity contribution is 5.90. The van der Waals surface area contributed by atoms with E-state index in [1.807, 2.05) is 67.3 Å². The molecule has 1 saturated heterocycles. The molecule has 28 heavy (non-hydrogen) atoms. The molecule has 0 aromatic heterocycles. The molecule has 148 valence electrons. The fourth-order valence-electron chi connectivity index (χ4n) is 3.23. The van der Waals surface area contributed by atoms with Gasteiger partial charge >= 0.3 is 12.1 Å². The summed E-state index contributed by atoms with van der Waals surface area (Å²) in [6, 6.07) is 15.2. The molecule has 0 radical (unpaired) electrons. The Morgan fingerprint density at radius 1 is 0.857 bits per heavy atom. The summed E-state index contributed by atoms with van der Waals surface area (Å²) in [7, 11) is 0. The molecule has 6 nitrogen and oxygen atoms in total. The second-order valence-electron chi connectivity index (χ2n) is 7.43. The van der Waals surface area contributed by atoms with E-state index in [9.17, 15) is 9.59 Å². The van der Waals surface area contributed by atoms with Crippen molar-refractivity contribution in [3.05, 3.63) is 59.7 Å². The van der Waals surface area contributed by atoms with Crippen molar-refractivity contribution in [1.29, 1.82) is 0 Å². The molecule has 2 aromatic rings. The van der Waals surface area contributed by atoms with Gasteiger partial charge in [0.2, 0.25) is 0 Å². The number of hydrogen-bond donors (Lipinski definition) is 3. The second-order valence-corrected chi connectivity index (χ2v) is 7.43. The molecular weight excluding hydrogens is 352 g/mol. The van der Waals surface area contributed by atoms with Gasteiger partial charge in [-0.1, -0.05) is 35.4 Å². The molecule has 3 N–H and O–H groups in total. The number of urea groups is 2. The van der Waals surface area contributed by atoms with Gasteiger partial charge in [-0.15, -0.1) is 0 Å². The molecule has 0 bridgehead atoms. The Morgan fingerprint density at radius 2 is 1.36 bits per heavy atom. The van der Waals surface area contributed by atoms with Crippen molar-refractivity contribution in [3.8, 4) is 0 Å². The van der Waals surface area contributed by atoms with E-state index >= 15 is 0 Å². The van der Waals surface area contributed by atoms with Crippen molar-refractivity contribution in [3.63, 3.8) is 0 Å². The highest BCUT2D eigenvalue weighted by Crippen LogP contribution is 2.18. The average molecular weight is 380 g/mol. The summed E-state index contributed by atoms with van der Waals surface area (Å²) < 4.78 is 0. The van der Waals surface area contributed by atoms with Crippen molar-refractivity contribution in [2.45, 2.75) is 26.7 Å². The van der Waals surface area contributed by atoms with Crippen molar-refractivity contribution >= 4 is 23.4 Å². The maximum absolute atomic E-state index is 12.4. The Kier molecular flexibility index (Phi) is 6.53. The zero-order chi connectivity index (χ0) is 19.9. The van der Waals surface area contributed by atoms with Crippen LogP contribution in [0.3, 0.4) is 0 Å². The van der Waals surface area contributed by atoms with Crippen molar-refractivity contribution in [1.82, 2.24) is 10.2 Å². The van der Waals surface area contributed by atoms with E-state index in [1.54, 1.807) is 0 Å². The lowest BCUT2D eigenvalue weighted by Gasteiger charge is -2.32. The standard InChI is InChI=1S/C22H28N4O2/c1-16-3-7-19(8-4-16)24-21(27)23-15-18-11-13-26(14-12-18)22(28)25-20-9-5-17(2)6-10-20/h3-10,18H,11-15H2,1-2H3,(H,25,28)(H2,23,24,27). The van der Waals surface area contributed by atoms with Gasteiger partial charge in [0, 0.05) is 31.0 Å². The molecule has 0 atom stereocenters. The number of likely N-dealkylation sites (tertiary alicyclic amines) is 1. The summed E-state index contributed by atoms with van der Waals surface area (Å²) in [4.78, 5) is 26.3. The number of amides is 4. The number of carbonyl (C=O) groups is 2. The lowest BCUT2D eigenvalue weighted by Crippen LogP contribution is -2.43. The third-order valence-electron chi connectivity index (χ3n) is 5.07. The Hall–Kier alpha value is -3.02. The Bertz CT molecular complexity index is 794. The minimum absolute atomic E-state index is 0.0626. The van der Waals surface area contributed by atoms with Crippen LogP contribution in [0.4, 0.5) is 21.0 Å². The number of nitrogens with zero attached hydrogens (tertiary/aromatic N) is 1. The molecule has 0 spiro atoms. The van der Waals surface area contributed by atoms with Crippen LogP contribution in [0.25, 0.3) is 0 Å². The fraction of sp³-hybridized carbons (Fsp3) is 0.364. The number of nitrogens with one attached hydrogen (secondary N) is 3. The van der Waals surface area contributed by atoms with Crippen LogP contribution in [-0.4, -0.2) is 36.6 Å². The van der Waals surface area contributed by atoms with E-state index in [4.69, 9.17) is 0 Å². The summed E-state index contributed by atoms with van der Waals surface area (Å²) in [6.45, 7) is 6.04. The van der Waals surface area contributed by atoms with Crippen LogP contribution >= 0.6 is 0 Å². The first-order valence-corrected chi connectivity index (χ1v) is 9.74. The van der Waals surface area contributed by atoms with Crippen LogP contribution in [0.15, 0.2) is 48.5 Å². The molecular formula is C22H28N4O2. The summed E-state index contributed by atoms with van der Waals surface area (Å²) in [5.41, 5.74) is 3.92. The van der Waals surface area contributed by atoms with Gasteiger partial charge in [0.1, 0.15) is 0 Å². The van der Waals surface area contributed by atoms with E-state index in [0.717, 1.165) is 35.3 Å². The predicted octanol–water partition coefficient (Wildman–Crippen LogP) is 4.37. The maximum Gasteiger partial charge on any atom is 0.321 e. The lowest BCUT2D eigenvalue weighted by atomic mass is 9.97. The minimum atomic E-state index is -0.191. The van der Waals surface area contributed by atoms with Gasteiger partial charge in [0.15, 0.2) is 0 Å². The first kappa shape index (κ1) is 19.7. The number of piperidine rings is 1. The Labute approximate surface area is 166 Å². The van der Waals surface area contributed by atoms with Crippen molar-refractivity contribution in [2.24, 2.45) is 5.92 Å². The molecule has 1 fully saturated rings. The number of hydrogen-bond acceptors (Lipinski definition) is 2. The monoisotopic (exact) mass is 380 g/mol. The fourth-order valence-corrected chi connectivity index (χ4v) is 3.23. The first-order valence-electron chi connectivity index (χ1n) is 9.74. The molecule has 0 saturated carbocycles. The predicted molar refractivity (Wildman–Crippen MR) is 113 cm³/mol. The van der Waals surface area contributed by atoms with E-state index in [0.29, 0.717) is 25.6 Å². The summed E-state index contributed by atoms with van der Waals surface area (Å²) >= 11 is 0. The highest BCUT2D eigenvalue weighted by atomic mass is 16.2. The third-order valence-corrected chi connectivity index (χ3v) is 5.07. The minimum Gasteiger partial charge on any atom is -0.338 e. The number of aryl methyl sites for hydroxylation is 2. The normalized spacial score (nSPS) is 14.4. The van der Waals surface area contributed by atoms with E-state index in [-0.39, 0.29) is 12.1 Å². The Balaban J connectivity index is 1.37. The highest BCUT2D eigenvalue weighted by Gasteiger charge is 2.23. The zero-order valence-corrected chi connectivity index (χ0v) is 16.5. The molecule has 4 amide bonds. The molecule has 1 heterocycles. The van der Waals surface area contributed by atoms with E-state index in [2.05, 4.69) is 16.0 Å². The van der Waals surface area contributed by atoms with Gasteiger partial charge in [-0.05, 0) is 56.9 Å². The molecule has 3 rings (SSSR count). The van der Waals surface area contributed by atoms with E-state index in [1.165, 1.54) is 0 Å². The molecule has 0 unspecified atom stereocenters. The van der Waals surface area contributed by atoms with Gasteiger partial charge in [-0.3, -0.25) is 0 Å². The summed E-state index contributed by atoms with van der Waals surface area (Å²) in [6.07, 6.45) is 1.76. The quantitative estimate of drug-likeness (QED) is 0.737. The summed E-state index contributed by atoms with van der Waals surface area (Å²) in [5, 5.41) is 8.72. The molecule has 2 aromatic carbocycles. The average Bonchev–Trinajstić information content (AvgIpc) is 2.70. The Morgan fingerprint density at radius 3 is 1.89 bits per heavy atom. The molecule has 1 aliphatic rings. The van der Waals surface area contributed by atoms with Crippen LogP contribution < -0.4 is 16.0 Å². The van der Waals surface area contributed by atoms with Crippen LogP contribution in [0.1, 0.15) is 24.0 Å². The number of anilines is 2. The van der Waals surface area contributed by atoms with Crippen LogP contribution in [0, 0.1) is 19.8 Å². The van der Waals surface area contributed by atoms with Gasteiger partial charge in [0.05, 0.1) is 0 Å². The van der Waals surface area contributed by atoms with Gasteiger partial charge in [0.25, 0.3) is 0 Å². The third kappa shape index (κ3) is 5.74. The second kappa shape index (κ2) is 9.26. The maximum atomic E-state index is 12.4. The number of rotatable bonds is 4. The first-order chi connectivity index (χ1) is 13.5. The van der Waals surface area contributed by atoms with Crippen LogP contribution in [0.2, 0.25) is 0 Å². The lowest BCUT2D eigenvalue weighted by molar-refractivity contribution is 0.181. The van der Waals surface area contributed by atoms with Crippen LogP contribution in [0.5, 0.6) is 0 Å². The number of benzene rings is 2. The van der Waals surface area contributed by atoms with Gasteiger partial charge < -0.3 is 20.9 Å². The van der Waals surface area contributed by atoms with Gasteiger partial charge in [-0.2, -0.15) is 0 Å². The smallest absolute Gasteiger partial charge is 0.321 e. The molecule has 6 heteroatoms. The topological polar surface area (TPSA) is 73.5 Å². The SMILES string of the molecule is Cc1ccc(NC(=O)NCC2CCN(C(=O)Nc3ccc(C)cc3)CC2)cc1. The largest absolute Gasteiger partial charge is 0.338 e. The zero-order valence-electron chi connectivity index (χ0n) is 16.5. The van der Waals surface area contributed by atoms with E-state index < -0.39 is 0 Å². The van der Waals surface area contributed by atoms with Crippen LogP contribution in [-0.2, 0) is 0 Å². The van der Waals surface area contributed by atoms with Crippen molar-refractivity contribution < 1.29 is 9.59 Å².